The number of thioether (sulfide) groups is 1. The van der Waals surface area contributed by atoms with Crippen molar-refractivity contribution < 1.29 is 23.9 Å². The van der Waals surface area contributed by atoms with E-state index in [9.17, 15) is 14.4 Å². The van der Waals surface area contributed by atoms with Gasteiger partial charge in [0.25, 0.3) is 0 Å². The monoisotopic (exact) mass is 415 g/mol. The van der Waals surface area contributed by atoms with Crippen molar-refractivity contribution in [3.63, 3.8) is 0 Å². The molecule has 1 aliphatic heterocycles. The zero-order valence-corrected chi connectivity index (χ0v) is 17.0. The molecule has 0 radical (unpaired) electrons. The van der Waals surface area contributed by atoms with Crippen molar-refractivity contribution in [2.75, 3.05) is 25.5 Å². The Balaban J connectivity index is 1.55. The maximum Gasteiger partial charge on any atom is 0.338 e. The van der Waals surface area contributed by atoms with E-state index in [1.54, 1.807) is 42.1 Å². The second-order valence-corrected chi connectivity index (χ2v) is 7.13. The van der Waals surface area contributed by atoms with E-state index in [0.29, 0.717) is 10.6 Å². The summed E-state index contributed by atoms with van der Waals surface area (Å²) >= 11 is 1.26. The zero-order chi connectivity index (χ0) is 20.8. The minimum absolute atomic E-state index is 0.0192. The standard InChI is InChI=1S/C20H21N3O5S/c1-3-27-19(25)12-18-22(17(24)13-29-18)10-11-28-20(26)15-4-6-16(7-5-15)23-14(2)8-9-21-23/h4-9,12H,3,10-11,13H2,1-2H3/b18-12-. The third-order valence-electron chi connectivity index (χ3n) is 4.17. The van der Waals surface area contributed by atoms with Gasteiger partial charge >= 0.3 is 11.9 Å². The van der Waals surface area contributed by atoms with Crippen LogP contribution in [0, 0.1) is 6.92 Å². The van der Waals surface area contributed by atoms with Crippen molar-refractivity contribution in [1.29, 1.82) is 0 Å². The van der Waals surface area contributed by atoms with E-state index >= 15 is 0 Å². The first-order valence-electron chi connectivity index (χ1n) is 9.09. The molecule has 29 heavy (non-hydrogen) atoms. The number of aromatic nitrogens is 2. The Morgan fingerprint density at radius 2 is 1.97 bits per heavy atom. The number of amides is 1. The van der Waals surface area contributed by atoms with Crippen LogP contribution in [-0.4, -0.2) is 58.0 Å². The van der Waals surface area contributed by atoms with E-state index in [0.717, 1.165) is 11.4 Å². The Morgan fingerprint density at radius 1 is 1.21 bits per heavy atom. The second-order valence-electron chi connectivity index (χ2n) is 6.14. The van der Waals surface area contributed by atoms with E-state index in [1.165, 1.54) is 22.7 Å². The normalized spacial score (nSPS) is 15.0. The van der Waals surface area contributed by atoms with Crippen LogP contribution in [0.2, 0.25) is 0 Å². The highest BCUT2D eigenvalue weighted by atomic mass is 32.2. The molecule has 1 aliphatic rings. The summed E-state index contributed by atoms with van der Waals surface area (Å²) in [5.41, 5.74) is 2.24. The van der Waals surface area contributed by atoms with Gasteiger partial charge in [-0.1, -0.05) is 11.8 Å². The molecule has 0 saturated carbocycles. The summed E-state index contributed by atoms with van der Waals surface area (Å²) in [5, 5.41) is 4.73. The molecule has 152 valence electrons. The van der Waals surface area contributed by atoms with Gasteiger partial charge in [-0.05, 0) is 44.2 Å². The number of nitrogens with zero attached hydrogens (tertiary/aromatic N) is 3. The minimum Gasteiger partial charge on any atom is -0.463 e. The number of aryl methyl sites for hydroxylation is 1. The minimum atomic E-state index is -0.501. The van der Waals surface area contributed by atoms with Crippen molar-refractivity contribution in [1.82, 2.24) is 14.7 Å². The first-order chi connectivity index (χ1) is 14.0. The lowest BCUT2D eigenvalue weighted by atomic mass is 10.2. The highest BCUT2D eigenvalue weighted by molar-refractivity contribution is 8.04. The quantitative estimate of drug-likeness (QED) is 0.506. The Labute approximate surface area is 172 Å². The predicted molar refractivity (Wildman–Crippen MR) is 107 cm³/mol. The third-order valence-corrected chi connectivity index (χ3v) is 5.19. The van der Waals surface area contributed by atoms with Crippen LogP contribution in [-0.2, 0) is 19.1 Å². The molecule has 0 unspecified atom stereocenters. The van der Waals surface area contributed by atoms with Crippen molar-refractivity contribution in [3.05, 3.63) is 58.9 Å². The summed E-state index contributed by atoms with van der Waals surface area (Å²) in [6.45, 7) is 4.11. The predicted octanol–water partition coefficient (Wildman–Crippen LogP) is 2.32. The molecule has 0 atom stereocenters. The Kier molecular flexibility index (Phi) is 6.71. The summed E-state index contributed by atoms with van der Waals surface area (Å²) in [5.74, 6) is -0.878. The van der Waals surface area contributed by atoms with Gasteiger partial charge in [0, 0.05) is 11.9 Å². The average Bonchev–Trinajstić information content (AvgIpc) is 3.28. The summed E-state index contributed by atoms with van der Waals surface area (Å²) in [4.78, 5) is 37.3. The summed E-state index contributed by atoms with van der Waals surface area (Å²) < 4.78 is 11.9. The molecule has 2 heterocycles. The highest BCUT2D eigenvalue weighted by Gasteiger charge is 2.27. The lowest BCUT2D eigenvalue weighted by Gasteiger charge is -2.16. The van der Waals surface area contributed by atoms with Gasteiger partial charge in [-0.2, -0.15) is 5.10 Å². The lowest BCUT2D eigenvalue weighted by Crippen LogP contribution is -2.29. The molecule has 1 saturated heterocycles. The number of benzene rings is 1. The highest BCUT2D eigenvalue weighted by Crippen LogP contribution is 2.28. The third kappa shape index (κ3) is 5.05. The Bertz CT molecular complexity index is 936. The number of hydrogen-bond acceptors (Lipinski definition) is 7. The van der Waals surface area contributed by atoms with Crippen molar-refractivity contribution in [3.8, 4) is 5.69 Å². The van der Waals surface area contributed by atoms with Crippen molar-refractivity contribution >= 4 is 29.6 Å². The van der Waals surface area contributed by atoms with Crippen LogP contribution >= 0.6 is 11.8 Å². The van der Waals surface area contributed by atoms with Crippen LogP contribution in [0.4, 0.5) is 0 Å². The van der Waals surface area contributed by atoms with E-state index < -0.39 is 11.9 Å². The SMILES string of the molecule is CCOC(=O)/C=C1\SCC(=O)N1CCOC(=O)c1ccc(-n2nccc2C)cc1. The molecular weight excluding hydrogens is 394 g/mol. The van der Waals surface area contributed by atoms with Gasteiger partial charge in [0.15, 0.2) is 0 Å². The fraction of sp³-hybridized carbons (Fsp3) is 0.300. The average molecular weight is 415 g/mol. The summed E-state index contributed by atoms with van der Waals surface area (Å²) in [6.07, 6.45) is 3.00. The van der Waals surface area contributed by atoms with Crippen LogP contribution in [0.3, 0.4) is 0 Å². The molecule has 2 aromatic rings. The number of esters is 2. The van der Waals surface area contributed by atoms with Gasteiger partial charge in [0.05, 0.1) is 41.3 Å². The molecule has 1 aromatic carbocycles. The van der Waals surface area contributed by atoms with Crippen LogP contribution in [0.25, 0.3) is 5.69 Å². The second kappa shape index (κ2) is 9.42. The Morgan fingerprint density at radius 3 is 2.62 bits per heavy atom. The van der Waals surface area contributed by atoms with E-state index in [4.69, 9.17) is 9.47 Å². The molecule has 1 aromatic heterocycles. The molecular formula is C20H21N3O5S. The first-order valence-corrected chi connectivity index (χ1v) is 10.1. The van der Waals surface area contributed by atoms with Gasteiger partial charge in [-0.3, -0.25) is 4.79 Å². The van der Waals surface area contributed by atoms with Crippen molar-refractivity contribution in [2.24, 2.45) is 0 Å². The summed E-state index contributed by atoms with van der Waals surface area (Å²) in [7, 11) is 0. The van der Waals surface area contributed by atoms with Crippen LogP contribution < -0.4 is 0 Å². The first kappa shape index (κ1) is 20.7. The van der Waals surface area contributed by atoms with Gasteiger partial charge in [-0.15, -0.1) is 0 Å². The van der Waals surface area contributed by atoms with Crippen molar-refractivity contribution in [2.45, 2.75) is 13.8 Å². The van der Waals surface area contributed by atoms with Gasteiger partial charge in [0.1, 0.15) is 6.61 Å². The Hall–Kier alpha value is -3.07. The molecule has 0 N–H and O–H groups in total. The fourth-order valence-corrected chi connectivity index (χ4v) is 3.70. The topological polar surface area (TPSA) is 90.7 Å². The largest absolute Gasteiger partial charge is 0.463 e. The fourth-order valence-electron chi connectivity index (χ4n) is 2.75. The van der Waals surface area contributed by atoms with Gasteiger partial charge < -0.3 is 14.4 Å². The molecule has 0 spiro atoms. The molecule has 1 fully saturated rings. The summed E-state index contributed by atoms with van der Waals surface area (Å²) in [6, 6.07) is 8.81. The van der Waals surface area contributed by atoms with E-state index in [-0.39, 0.29) is 31.4 Å². The lowest BCUT2D eigenvalue weighted by molar-refractivity contribution is -0.137. The van der Waals surface area contributed by atoms with Gasteiger partial charge in [0.2, 0.25) is 5.91 Å². The van der Waals surface area contributed by atoms with Crippen LogP contribution in [0.15, 0.2) is 47.6 Å². The molecule has 0 bridgehead atoms. The van der Waals surface area contributed by atoms with E-state index in [1.807, 2.05) is 13.0 Å². The molecule has 9 heteroatoms. The molecule has 8 nitrogen and oxygen atoms in total. The molecule has 0 aliphatic carbocycles. The van der Waals surface area contributed by atoms with Crippen LogP contribution in [0.5, 0.6) is 0 Å². The number of carbonyl (C=O) groups excluding carboxylic acids is 3. The molecule has 3 rings (SSSR count). The maximum atomic E-state index is 12.3. The zero-order valence-electron chi connectivity index (χ0n) is 16.2. The van der Waals surface area contributed by atoms with Gasteiger partial charge in [-0.25, -0.2) is 14.3 Å². The van der Waals surface area contributed by atoms with Crippen LogP contribution in [0.1, 0.15) is 23.0 Å². The van der Waals surface area contributed by atoms with E-state index in [2.05, 4.69) is 5.10 Å². The number of carbonyl (C=O) groups is 3. The molecule has 1 amide bonds. The maximum absolute atomic E-state index is 12.3. The number of hydrogen-bond donors (Lipinski definition) is 0. The number of ether oxygens (including phenoxy) is 2. The smallest absolute Gasteiger partial charge is 0.338 e. The number of rotatable bonds is 7.